The van der Waals surface area contributed by atoms with Gasteiger partial charge in [0.15, 0.2) is 0 Å². The van der Waals surface area contributed by atoms with E-state index in [9.17, 15) is 4.79 Å². The third-order valence-electron chi connectivity index (χ3n) is 6.99. The summed E-state index contributed by atoms with van der Waals surface area (Å²) in [6, 6.07) is 16.4. The Morgan fingerprint density at radius 2 is 1.80 bits per heavy atom. The average Bonchev–Trinajstić information content (AvgIpc) is 3.63. The van der Waals surface area contributed by atoms with E-state index < -0.39 is 0 Å². The van der Waals surface area contributed by atoms with Gasteiger partial charge in [-0.05, 0) is 48.1 Å². The third kappa shape index (κ3) is 4.66. The quantitative estimate of drug-likeness (QED) is 0.401. The number of carbonyl (C=O) groups is 1. The number of halogens is 1. The van der Waals surface area contributed by atoms with Gasteiger partial charge in [-0.15, -0.1) is 5.10 Å². The highest BCUT2D eigenvalue weighted by atomic mass is 35.5. The van der Waals surface area contributed by atoms with Crippen molar-refractivity contribution in [3.8, 4) is 11.1 Å². The molecule has 3 heterocycles. The summed E-state index contributed by atoms with van der Waals surface area (Å²) >= 11 is 6.76. The second-order valence-electron chi connectivity index (χ2n) is 9.52. The normalized spacial score (nSPS) is 16.7. The summed E-state index contributed by atoms with van der Waals surface area (Å²) in [6.45, 7) is 4.94. The Bertz CT molecular complexity index is 1340. The molecular formula is C27H27ClN6O. The highest BCUT2D eigenvalue weighted by molar-refractivity contribution is 6.37. The number of amides is 1. The maximum absolute atomic E-state index is 12.6. The Labute approximate surface area is 209 Å². The molecule has 0 radical (unpaired) electrons. The van der Waals surface area contributed by atoms with Crippen LogP contribution in [-0.2, 0) is 13.1 Å². The van der Waals surface area contributed by atoms with E-state index in [1.54, 1.807) is 18.5 Å². The zero-order valence-electron chi connectivity index (χ0n) is 19.5. The van der Waals surface area contributed by atoms with Crippen LogP contribution in [0.5, 0.6) is 0 Å². The molecule has 0 N–H and O–H groups in total. The van der Waals surface area contributed by atoms with Crippen LogP contribution in [-0.4, -0.2) is 61.9 Å². The molecule has 2 aliphatic rings. The molecule has 0 unspecified atom stereocenters. The summed E-state index contributed by atoms with van der Waals surface area (Å²) in [5.74, 6) is 0.791. The van der Waals surface area contributed by atoms with E-state index in [0.717, 1.165) is 67.3 Å². The Hall–Kier alpha value is -3.29. The predicted octanol–water partition coefficient (Wildman–Crippen LogP) is 4.51. The van der Waals surface area contributed by atoms with Gasteiger partial charge in [-0.3, -0.25) is 14.7 Å². The zero-order valence-corrected chi connectivity index (χ0v) is 20.2. The largest absolute Gasteiger partial charge is 0.336 e. The maximum Gasteiger partial charge on any atom is 0.255 e. The van der Waals surface area contributed by atoms with Crippen molar-refractivity contribution in [2.75, 3.05) is 26.2 Å². The van der Waals surface area contributed by atoms with E-state index in [1.807, 2.05) is 15.6 Å². The molecule has 1 saturated carbocycles. The number of hydrogen-bond acceptors (Lipinski definition) is 5. The SMILES string of the molecule is O=C(c1cccnc1)N1CCN(Cc2ccc(-c3ccc4c(nnn4CC4CC4)c3Cl)cc2)CC1. The zero-order chi connectivity index (χ0) is 23.8. The van der Waals surface area contributed by atoms with Gasteiger partial charge in [0, 0.05) is 57.2 Å². The van der Waals surface area contributed by atoms with E-state index in [0.29, 0.717) is 10.6 Å². The van der Waals surface area contributed by atoms with Gasteiger partial charge in [-0.2, -0.15) is 0 Å². The number of aromatic nitrogens is 4. The molecule has 2 fully saturated rings. The van der Waals surface area contributed by atoms with Crippen LogP contribution in [0.25, 0.3) is 22.2 Å². The van der Waals surface area contributed by atoms with Crippen LogP contribution in [0.3, 0.4) is 0 Å². The van der Waals surface area contributed by atoms with Gasteiger partial charge in [0.1, 0.15) is 5.52 Å². The molecule has 178 valence electrons. The molecule has 7 nitrogen and oxygen atoms in total. The van der Waals surface area contributed by atoms with Crippen molar-refractivity contribution < 1.29 is 4.79 Å². The lowest BCUT2D eigenvalue weighted by Gasteiger charge is -2.34. The molecule has 1 aliphatic carbocycles. The summed E-state index contributed by atoms with van der Waals surface area (Å²) in [5.41, 5.74) is 5.72. The van der Waals surface area contributed by atoms with E-state index in [4.69, 9.17) is 11.6 Å². The van der Waals surface area contributed by atoms with E-state index >= 15 is 0 Å². The van der Waals surface area contributed by atoms with Crippen LogP contribution >= 0.6 is 11.6 Å². The van der Waals surface area contributed by atoms with E-state index in [2.05, 4.69) is 56.6 Å². The van der Waals surface area contributed by atoms with Gasteiger partial charge in [0.25, 0.3) is 5.91 Å². The minimum atomic E-state index is 0.0588. The Morgan fingerprint density at radius 3 is 2.51 bits per heavy atom. The van der Waals surface area contributed by atoms with E-state index in [1.165, 1.54) is 18.4 Å². The standard InChI is InChI=1S/C27H27ClN6O/c28-25-23(9-10-24-26(25)30-31-34(24)18-20-3-4-20)21-7-5-19(6-8-21)17-32-12-14-33(15-13-32)27(35)22-2-1-11-29-16-22/h1-2,5-11,16,20H,3-4,12-15,17-18H2. The van der Waals surface area contributed by atoms with Crippen molar-refractivity contribution in [3.63, 3.8) is 0 Å². The molecule has 0 spiro atoms. The molecule has 2 aromatic heterocycles. The topological polar surface area (TPSA) is 67.2 Å². The minimum Gasteiger partial charge on any atom is -0.336 e. The molecule has 4 aromatic rings. The average molecular weight is 487 g/mol. The number of fused-ring (bicyclic) bond motifs is 1. The maximum atomic E-state index is 12.6. The summed E-state index contributed by atoms with van der Waals surface area (Å²) in [7, 11) is 0. The van der Waals surface area contributed by atoms with Gasteiger partial charge >= 0.3 is 0 Å². The van der Waals surface area contributed by atoms with Crippen molar-refractivity contribution in [2.45, 2.75) is 25.9 Å². The van der Waals surface area contributed by atoms with E-state index in [-0.39, 0.29) is 5.91 Å². The lowest BCUT2D eigenvalue weighted by atomic mass is 10.0. The van der Waals surface area contributed by atoms with Crippen molar-refractivity contribution in [3.05, 3.63) is 77.1 Å². The molecule has 1 amide bonds. The van der Waals surface area contributed by atoms with Gasteiger partial charge < -0.3 is 4.90 Å². The molecule has 35 heavy (non-hydrogen) atoms. The number of nitrogens with zero attached hydrogens (tertiary/aromatic N) is 6. The number of carbonyl (C=O) groups excluding carboxylic acids is 1. The van der Waals surface area contributed by atoms with Crippen LogP contribution in [0.2, 0.25) is 5.02 Å². The number of benzene rings is 2. The first-order chi connectivity index (χ1) is 17.2. The smallest absolute Gasteiger partial charge is 0.255 e. The fourth-order valence-electron chi connectivity index (χ4n) is 4.74. The second-order valence-corrected chi connectivity index (χ2v) is 9.89. The van der Waals surface area contributed by atoms with Crippen LogP contribution in [0.1, 0.15) is 28.8 Å². The highest BCUT2D eigenvalue weighted by Crippen LogP contribution is 2.35. The van der Waals surface area contributed by atoms with Crippen molar-refractivity contribution in [1.29, 1.82) is 0 Å². The minimum absolute atomic E-state index is 0.0588. The molecular weight excluding hydrogens is 460 g/mol. The summed E-state index contributed by atoms with van der Waals surface area (Å²) in [6.07, 6.45) is 5.88. The lowest BCUT2D eigenvalue weighted by molar-refractivity contribution is 0.0628. The number of rotatable bonds is 6. The number of pyridine rings is 1. The summed E-state index contributed by atoms with van der Waals surface area (Å²) in [5, 5.41) is 9.35. The number of piperazine rings is 1. The van der Waals surface area contributed by atoms with Crippen molar-refractivity contribution in [1.82, 2.24) is 29.8 Å². The van der Waals surface area contributed by atoms with Gasteiger partial charge in [-0.1, -0.05) is 47.1 Å². The van der Waals surface area contributed by atoms with Crippen molar-refractivity contribution >= 4 is 28.5 Å². The molecule has 8 heteroatoms. The number of hydrogen-bond donors (Lipinski definition) is 0. The van der Waals surface area contributed by atoms with Crippen LogP contribution < -0.4 is 0 Å². The van der Waals surface area contributed by atoms with Gasteiger partial charge in [-0.25, -0.2) is 4.68 Å². The molecule has 0 bridgehead atoms. The molecule has 2 aromatic carbocycles. The first-order valence-corrected chi connectivity index (χ1v) is 12.6. The Kier molecular flexibility index (Phi) is 5.96. The van der Waals surface area contributed by atoms with Crippen LogP contribution in [0, 0.1) is 5.92 Å². The van der Waals surface area contributed by atoms with Crippen LogP contribution in [0.15, 0.2) is 60.9 Å². The fourth-order valence-corrected chi connectivity index (χ4v) is 5.04. The Morgan fingerprint density at radius 1 is 1.00 bits per heavy atom. The van der Waals surface area contributed by atoms with Gasteiger partial charge in [0.2, 0.25) is 0 Å². The van der Waals surface area contributed by atoms with Crippen molar-refractivity contribution in [2.24, 2.45) is 5.92 Å². The molecule has 0 atom stereocenters. The van der Waals surface area contributed by atoms with Crippen LogP contribution in [0.4, 0.5) is 0 Å². The molecule has 1 saturated heterocycles. The Balaban J connectivity index is 1.10. The highest BCUT2D eigenvalue weighted by Gasteiger charge is 2.24. The lowest BCUT2D eigenvalue weighted by Crippen LogP contribution is -2.48. The monoisotopic (exact) mass is 486 g/mol. The molecule has 6 rings (SSSR count). The first-order valence-electron chi connectivity index (χ1n) is 12.2. The summed E-state index contributed by atoms with van der Waals surface area (Å²) < 4.78 is 1.98. The third-order valence-corrected chi connectivity index (χ3v) is 7.38. The second kappa shape index (κ2) is 9.40. The van der Waals surface area contributed by atoms with Gasteiger partial charge in [0.05, 0.1) is 16.1 Å². The predicted molar refractivity (Wildman–Crippen MR) is 136 cm³/mol. The first kappa shape index (κ1) is 22.2. The summed E-state index contributed by atoms with van der Waals surface area (Å²) in [4.78, 5) is 21.0. The molecule has 1 aliphatic heterocycles. The fraction of sp³-hybridized carbons (Fsp3) is 0.333.